The van der Waals surface area contributed by atoms with Crippen LogP contribution in [0.15, 0.2) is 42.0 Å². The number of halogens is 1. The smallest absolute Gasteiger partial charge is 0.270 e. The molecule has 2 heterocycles. The van der Waals surface area contributed by atoms with Crippen LogP contribution in [0.2, 0.25) is 5.02 Å². The lowest BCUT2D eigenvalue weighted by Crippen LogP contribution is -2.23. The van der Waals surface area contributed by atoms with Crippen LogP contribution in [-0.4, -0.2) is 15.9 Å². The number of nitrogens with one attached hydrogen (secondary N) is 1. The minimum absolute atomic E-state index is 0.244. The second kappa shape index (κ2) is 5.56. The molecule has 2 aromatic heterocycles. The van der Waals surface area contributed by atoms with Crippen LogP contribution in [-0.2, 0) is 6.54 Å². The van der Waals surface area contributed by atoms with Crippen molar-refractivity contribution in [2.24, 2.45) is 0 Å². The summed E-state index contributed by atoms with van der Waals surface area (Å²) in [5.41, 5.74) is 2.76. The van der Waals surface area contributed by atoms with Gasteiger partial charge in [-0.1, -0.05) is 29.8 Å². The largest absolute Gasteiger partial charge is 0.346 e. The summed E-state index contributed by atoms with van der Waals surface area (Å²) in [5, 5.41) is 4.17. The van der Waals surface area contributed by atoms with Crippen molar-refractivity contribution in [3.05, 3.63) is 57.6 Å². The molecule has 1 aromatic carbocycles. The number of nitrogens with zero attached hydrogens (tertiary/aromatic N) is 2. The number of carbonyl (C=O) groups is 1. The number of amides is 1. The van der Waals surface area contributed by atoms with Crippen molar-refractivity contribution in [3.8, 4) is 0 Å². The highest BCUT2D eigenvalue weighted by Gasteiger charge is 2.11. The summed E-state index contributed by atoms with van der Waals surface area (Å²) in [7, 11) is 0. The van der Waals surface area contributed by atoms with E-state index in [1.165, 1.54) is 11.3 Å². The van der Waals surface area contributed by atoms with Crippen molar-refractivity contribution in [1.82, 2.24) is 15.3 Å². The molecule has 4 nitrogen and oxygen atoms in total. The Morgan fingerprint density at radius 1 is 1.35 bits per heavy atom. The van der Waals surface area contributed by atoms with Crippen LogP contribution in [0.25, 0.3) is 10.9 Å². The first-order valence-corrected chi connectivity index (χ1v) is 7.20. The zero-order chi connectivity index (χ0) is 13.9. The molecule has 3 rings (SSSR count). The van der Waals surface area contributed by atoms with E-state index in [0.29, 0.717) is 22.8 Å². The zero-order valence-electron chi connectivity index (χ0n) is 10.3. The molecule has 1 amide bonds. The average Bonchev–Trinajstić information content (AvgIpc) is 2.98. The van der Waals surface area contributed by atoms with Crippen LogP contribution in [0.4, 0.5) is 0 Å². The number of pyridine rings is 1. The molecular formula is C14H10ClN3OS. The highest BCUT2D eigenvalue weighted by Crippen LogP contribution is 2.22. The van der Waals surface area contributed by atoms with Crippen molar-refractivity contribution < 1.29 is 4.79 Å². The normalized spacial score (nSPS) is 10.7. The van der Waals surface area contributed by atoms with E-state index in [9.17, 15) is 4.79 Å². The number of para-hydroxylation sites is 1. The Labute approximate surface area is 124 Å². The van der Waals surface area contributed by atoms with Gasteiger partial charge in [-0.05, 0) is 12.1 Å². The Morgan fingerprint density at radius 2 is 2.20 bits per heavy atom. The molecule has 0 fully saturated rings. The highest BCUT2D eigenvalue weighted by atomic mass is 35.5. The Morgan fingerprint density at radius 3 is 3.00 bits per heavy atom. The van der Waals surface area contributed by atoms with Crippen LogP contribution in [0, 0.1) is 0 Å². The molecule has 1 N–H and O–H groups in total. The summed E-state index contributed by atoms with van der Waals surface area (Å²) in [4.78, 5) is 21.4. The van der Waals surface area contributed by atoms with Crippen LogP contribution in [0.5, 0.6) is 0 Å². The topological polar surface area (TPSA) is 54.9 Å². The van der Waals surface area contributed by atoms with Gasteiger partial charge >= 0.3 is 0 Å². The molecular weight excluding hydrogens is 294 g/mol. The first-order valence-electron chi connectivity index (χ1n) is 5.95. The van der Waals surface area contributed by atoms with E-state index < -0.39 is 0 Å². The summed E-state index contributed by atoms with van der Waals surface area (Å²) in [6.07, 6.45) is 1.73. The fourth-order valence-corrected chi connectivity index (χ4v) is 2.63. The third-order valence-corrected chi connectivity index (χ3v) is 3.90. The Hall–Kier alpha value is -1.98. The van der Waals surface area contributed by atoms with Gasteiger partial charge in [0, 0.05) is 16.5 Å². The van der Waals surface area contributed by atoms with E-state index in [1.807, 2.05) is 24.3 Å². The molecule has 20 heavy (non-hydrogen) atoms. The number of rotatable bonds is 3. The lowest BCUT2D eigenvalue weighted by Gasteiger charge is -2.06. The molecule has 0 saturated heterocycles. The number of hydrogen-bond acceptors (Lipinski definition) is 4. The molecule has 0 aliphatic rings. The van der Waals surface area contributed by atoms with Gasteiger partial charge in [0.15, 0.2) is 0 Å². The van der Waals surface area contributed by atoms with Crippen molar-refractivity contribution in [2.45, 2.75) is 6.54 Å². The molecule has 100 valence electrons. The number of aromatic nitrogens is 2. The summed E-state index contributed by atoms with van der Waals surface area (Å²) in [6, 6.07) is 9.06. The summed E-state index contributed by atoms with van der Waals surface area (Å²) in [6.45, 7) is 0.440. The average molecular weight is 304 g/mol. The molecule has 6 heteroatoms. The maximum atomic E-state index is 12.1. The fourth-order valence-electron chi connectivity index (χ4n) is 1.84. The number of hydrogen-bond donors (Lipinski definition) is 1. The standard InChI is InChI=1S/C14H10ClN3OS/c15-11-5-13(18-12-4-2-1-3-10(11)12)14(19)17-7-9-6-16-8-20-9/h1-6,8H,7H2,(H,17,19). The molecule has 0 aliphatic carbocycles. The van der Waals surface area contributed by atoms with Gasteiger partial charge in [0.1, 0.15) is 5.69 Å². The van der Waals surface area contributed by atoms with Crippen LogP contribution >= 0.6 is 22.9 Å². The SMILES string of the molecule is O=C(NCc1cncs1)c1cc(Cl)c2ccccc2n1. The number of benzene rings is 1. The quantitative estimate of drug-likeness (QED) is 0.808. The van der Waals surface area contributed by atoms with E-state index >= 15 is 0 Å². The number of thiazole rings is 1. The molecule has 0 unspecified atom stereocenters. The maximum absolute atomic E-state index is 12.1. The van der Waals surface area contributed by atoms with Crippen LogP contribution in [0.1, 0.15) is 15.4 Å². The molecule has 0 saturated carbocycles. The minimum Gasteiger partial charge on any atom is -0.346 e. The Kier molecular flexibility index (Phi) is 3.62. The van der Waals surface area contributed by atoms with Gasteiger partial charge in [-0.15, -0.1) is 11.3 Å². The molecule has 0 bridgehead atoms. The van der Waals surface area contributed by atoms with Crippen LogP contribution in [0.3, 0.4) is 0 Å². The van der Waals surface area contributed by atoms with E-state index in [1.54, 1.807) is 17.8 Å². The summed E-state index contributed by atoms with van der Waals surface area (Å²) >= 11 is 7.67. The maximum Gasteiger partial charge on any atom is 0.270 e. The lowest BCUT2D eigenvalue weighted by molar-refractivity contribution is 0.0946. The van der Waals surface area contributed by atoms with Crippen molar-refractivity contribution in [2.75, 3.05) is 0 Å². The third-order valence-electron chi connectivity index (χ3n) is 2.80. The monoisotopic (exact) mass is 303 g/mol. The molecule has 0 aliphatic heterocycles. The number of carbonyl (C=O) groups excluding carboxylic acids is 1. The molecule has 0 atom stereocenters. The minimum atomic E-state index is -0.244. The summed E-state index contributed by atoms with van der Waals surface area (Å²) < 4.78 is 0. The molecule has 0 spiro atoms. The van der Waals surface area contributed by atoms with Gasteiger partial charge in [0.05, 0.1) is 22.6 Å². The van der Waals surface area contributed by atoms with Crippen LogP contribution < -0.4 is 5.32 Å². The van der Waals surface area contributed by atoms with Gasteiger partial charge in [0.2, 0.25) is 0 Å². The first-order chi connectivity index (χ1) is 9.74. The van der Waals surface area contributed by atoms with Crippen molar-refractivity contribution in [1.29, 1.82) is 0 Å². The highest BCUT2D eigenvalue weighted by molar-refractivity contribution is 7.09. The van der Waals surface area contributed by atoms with Gasteiger partial charge in [0.25, 0.3) is 5.91 Å². The lowest BCUT2D eigenvalue weighted by atomic mass is 10.2. The van der Waals surface area contributed by atoms with Crippen molar-refractivity contribution in [3.63, 3.8) is 0 Å². The zero-order valence-corrected chi connectivity index (χ0v) is 11.9. The Bertz CT molecular complexity index is 758. The van der Waals surface area contributed by atoms with Crippen molar-refractivity contribution >= 4 is 39.7 Å². The predicted molar refractivity (Wildman–Crippen MR) is 80.0 cm³/mol. The van der Waals surface area contributed by atoms with Gasteiger partial charge in [-0.25, -0.2) is 4.98 Å². The second-order valence-electron chi connectivity index (χ2n) is 4.16. The second-order valence-corrected chi connectivity index (χ2v) is 5.53. The molecule has 3 aromatic rings. The molecule has 0 radical (unpaired) electrons. The first kappa shape index (κ1) is 13.0. The van der Waals surface area contributed by atoms with E-state index in [0.717, 1.165) is 10.3 Å². The fraction of sp³-hybridized carbons (Fsp3) is 0.0714. The van der Waals surface area contributed by atoms with E-state index in [-0.39, 0.29) is 5.91 Å². The van der Waals surface area contributed by atoms with E-state index in [4.69, 9.17) is 11.6 Å². The Balaban J connectivity index is 1.84. The van der Waals surface area contributed by atoms with Gasteiger partial charge < -0.3 is 5.32 Å². The predicted octanol–water partition coefficient (Wildman–Crippen LogP) is 3.27. The number of fused-ring (bicyclic) bond motifs is 1. The van der Waals surface area contributed by atoms with E-state index in [2.05, 4.69) is 15.3 Å². The van der Waals surface area contributed by atoms with Gasteiger partial charge in [-0.2, -0.15) is 0 Å². The van der Waals surface area contributed by atoms with Gasteiger partial charge in [-0.3, -0.25) is 9.78 Å². The summed E-state index contributed by atoms with van der Waals surface area (Å²) in [5.74, 6) is -0.244. The third kappa shape index (κ3) is 2.64.